The molecule has 2 aromatic carbocycles. The molecule has 0 aliphatic heterocycles. The van der Waals surface area contributed by atoms with E-state index >= 15 is 0 Å². The number of benzene rings is 2. The van der Waals surface area contributed by atoms with E-state index in [0.29, 0.717) is 6.04 Å². The van der Waals surface area contributed by atoms with Gasteiger partial charge in [-0.3, -0.25) is 0 Å². The first kappa shape index (κ1) is 18.2. The second kappa shape index (κ2) is 8.65. The molecule has 23 heavy (non-hydrogen) atoms. The molecule has 0 aromatic heterocycles. The number of hydrogen-bond donors (Lipinski definition) is 1. The number of hydrogen-bond acceptors (Lipinski definition) is 1. The quantitative estimate of drug-likeness (QED) is 0.629. The van der Waals surface area contributed by atoms with E-state index in [2.05, 4.69) is 96.6 Å². The zero-order valence-corrected chi connectivity index (χ0v) is 16.1. The molecule has 1 nitrogen and oxygen atoms in total. The molecule has 0 amide bonds. The van der Waals surface area contributed by atoms with Crippen LogP contribution in [0.1, 0.15) is 44.7 Å². The summed E-state index contributed by atoms with van der Waals surface area (Å²) in [6, 6.07) is 19.7. The van der Waals surface area contributed by atoms with Crippen LogP contribution < -0.4 is 5.32 Å². The van der Waals surface area contributed by atoms with Gasteiger partial charge in [0.05, 0.1) is 0 Å². The van der Waals surface area contributed by atoms with Crippen molar-refractivity contribution in [3.8, 4) is 0 Å². The monoisotopic (exact) mass is 373 g/mol. The highest BCUT2D eigenvalue weighted by molar-refractivity contribution is 9.10. The Morgan fingerprint density at radius 3 is 2.26 bits per heavy atom. The Kier molecular flexibility index (Phi) is 6.86. The first-order valence-corrected chi connectivity index (χ1v) is 9.27. The number of aryl methyl sites for hydroxylation is 1. The van der Waals surface area contributed by atoms with Crippen molar-refractivity contribution in [2.75, 3.05) is 0 Å². The Balaban J connectivity index is 1.88. The van der Waals surface area contributed by atoms with E-state index in [1.807, 2.05) is 0 Å². The standard InChI is InChI=1S/C21H28BrN/c1-21(2,3)20(23-16-17-10-5-4-6-11-17)15-9-13-18-12-7-8-14-19(18)22/h4-8,10-12,14,20,23H,9,13,15-16H2,1-3H3. The van der Waals surface area contributed by atoms with Crippen LogP contribution >= 0.6 is 15.9 Å². The maximum absolute atomic E-state index is 3.77. The Morgan fingerprint density at radius 1 is 0.957 bits per heavy atom. The van der Waals surface area contributed by atoms with E-state index < -0.39 is 0 Å². The van der Waals surface area contributed by atoms with E-state index in [9.17, 15) is 0 Å². The minimum Gasteiger partial charge on any atom is -0.309 e. The summed E-state index contributed by atoms with van der Waals surface area (Å²) in [5, 5.41) is 3.77. The summed E-state index contributed by atoms with van der Waals surface area (Å²) in [4.78, 5) is 0. The van der Waals surface area contributed by atoms with Crippen LogP contribution in [-0.2, 0) is 13.0 Å². The van der Waals surface area contributed by atoms with Crippen LogP contribution in [0.2, 0.25) is 0 Å². The predicted octanol–water partition coefficient (Wildman–Crippen LogP) is 5.98. The third-order valence-corrected chi connectivity index (χ3v) is 5.11. The normalized spacial score (nSPS) is 13.0. The zero-order valence-electron chi connectivity index (χ0n) is 14.5. The number of halogens is 1. The molecule has 0 saturated heterocycles. The summed E-state index contributed by atoms with van der Waals surface area (Å²) in [7, 11) is 0. The SMILES string of the molecule is CC(C)(C)C(CCCc1ccccc1Br)NCc1ccccc1. The molecular formula is C21H28BrN. The summed E-state index contributed by atoms with van der Waals surface area (Å²) in [5.74, 6) is 0. The lowest BCUT2D eigenvalue weighted by Gasteiger charge is -2.32. The van der Waals surface area contributed by atoms with E-state index in [-0.39, 0.29) is 5.41 Å². The second-order valence-corrected chi connectivity index (χ2v) is 8.12. The smallest absolute Gasteiger partial charge is 0.0208 e. The molecule has 1 unspecified atom stereocenters. The zero-order chi connectivity index (χ0) is 16.7. The molecule has 0 heterocycles. The van der Waals surface area contributed by atoms with Gasteiger partial charge in [0, 0.05) is 17.1 Å². The van der Waals surface area contributed by atoms with Gasteiger partial charge in [0.1, 0.15) is 0 Å². The van der Waals surface area contributed by atoms with Crippen LogP contribution in [-0.4, -0.2) is 6.04 Å². The van der Waals surface area contributed by atoms with E-state index in [1.54, 1.807) is 0 Å². The fourth-order valence-electron chi connectivity index (χ4n) is 2.88. The van der Waals surface area contributed by atoms with Crippen LogP contribution in [0.25, 0.3) is 0 Å². The largest absolute Gasteiger partial charge is 0.309 e. The van der Waals surface area contributed by atoms with Gasteiger partial charge in [0.25, 0.3) is 0 Å². The minimum absolute atomic E-state index is 0.267. The van der Waals surface area contributed by atoms with Crippen molar-refractivity contribution in [3.05, 3.63) is 70.2 Å². The molecule has 124 valence electrons. The molecule has 2 heteroatoms. The predicted molar refractivity (Wildman–Crippen MR) is 104 cm³/mol. The molecule has 0 bridgehead atoms. The summed E-state index contributed by atoms with van der Waals surface area (Å²) < 4.78 is 1.23. The van der Waals surface area contributed by atoms with Gasteiger partial charge in [0.15, 0.2) is 0 Å². The number of rotatable bonds is 7. The third kappa shape index (κ3) is 6.12. The summed E-state index contributed by atoms with van der Waals surface area (Å²) in [6.45, 7) is 7.92. The molecule has 1 N–H and O–H groups in total. The molecule has 0 aliphatic carbocycles. The van der Waals surface area contributed by atoms with Gasteiger partial charge in [-0.1, -0.05) is 85.2 Å². The molecule has 0 fully saturated rings. The highest BCUT2D eigenvalue weighted by Crippen LogP contribution is 2.25. The van der Waals surface area contributed by atoms with Gasteiger partial charge in [-0.2, -0.15) is 0 Å². The Labute approximate surface area is 149 Å². The van der Waals surface area contributed by atoms with Gasteiger partial charge in [-0.05, 0) is 41.9 Å². The van der Waals surface area contributed by atoms with Crippen LogP contribution in [0.5, 0.6) is 0 Å². The maximum Gasteiger partial charge on any atom is 0.0208 e. The van der Waals surface area contributed by atoms with Gasteiger partial charge >= 0.3 is 0 Å². The Bertz CT molecular complexity index is 586. The topological polar surface area (TPSA) is 12.0 Å². The molecular weight excluding hydrogens is 346 g/mol. The lowest BCUT2D eigenvalue weighted by molar-refractivity contribution is 0.249. The summed E-state index contributed by atoms with van der Waals surface area (Å²) in [5.41, 5.74) is 3.03. The number of nitrogens with one attached hydrogen (secondary N) is 1. The van der Waals surface area contributed by atoms with Crippen LogP contribution in [0, 0.1) is 5.41 Å². The van der Waals surface area contributed by atoms with Crippen LogP contribution in [0.3, 0.4) is 0 Å². The molecule has 0 saturated carbocycles. The molecule has 0 aliphatic rings. The van der Waals surface area contributed by atoms with Crippen molar-refractivity contribution in [1.29, 1.82) is 0 Å². The van der Waals surface area contributed by atoms with E-state index in [1.165, 1.54) is 28.4 Å². The lowest BCUT2D eigenvalue weighted by Crippen LogP contribution is -2.40. The van der Waals surface area contributed by atoms with Crippen molar-refractivity contribution < 1.29 is 0 Å². The molecule has 0 radical (unpaired) electrons. The van der Waals surface area contributed by atoms with Crippen LogP contribution in [0.4, 0.5) is 0 Å². The first-order valence-electron chi connectivity index (χ1n) is 8.47. The highest BCUT2D eigenvalue weighted by atomic mass is 79.9. The molecule has 2 aromatic rings. The Morgan fingerprint density at radius 2 is 1.61 bits per heavy atom. The molecule has 0 spiro atoms. The van der Waals surface area contributed by atoms with Crippen molar-refractivity contribution >= 4 is 15.9 Å². The first-order chi connectivity index (χ1) is 11.0. The van der Waals surface area contributed by atoms with Crippen molar-refractivity contribution in [3.63, 3.8) is 0 Å². The van der Waals surface area contributed by atoms with Gasteiger partial charge in [0.2, 0.25) is 0 Å². The van der Waals surface area contributed by atoms with Crippen molar-refractivity contribution in [2.45, 2.75) is 52.6 Å². The van der Waals surface area contributed by atoms with E-state index in [0.717, 1.165) is 13.0 Å². The van der Waals surface area contributed by atoms with Gasteiger partial charge < -0.3 is 5.32 Å². The lowest BCUT2D eigenvalue weighted by atomic mass is 9.83. The van der Waals surface area contributed by atoms with E-state index in [4.69, 9.17) is 0 Å². The summed E-state index contributed by atoms with van der Waals surface area (Å²) >= 11 is 3.65. The summed E-state index contributed by atoms with van der Waals surface area (Å²) in [6.07, 6.45) is 3.52. The fourth-order valence-corrected chi connectivity index (χ4v) is 3.36. The van der Waals surface area contributed by atoms with Crippen LogP contribution in [0.15, 0.2) is 59.1 Å². The van der Waals surface area contributed by atoms with Gasteiger partial charge in [-0.15, -0.1) is 0 Å². The van der Waals surface area contributed by atoms with Gasteiger partial charge in [-0.25, -0.2) is 0 Å². The average Bonchev–Trinajstić information content (AvgIpc) is 2.52. The minimum atomic E-state index is 0.267. The molecule has 1 atom stereocenters. The van der Waals surface area contributed by atoms with Crippen molar-refractivity contribution in [1.82, 2.24) is 5.32 Å². The fraction of sp³-hybridized carbons (Fsp3) is 0.429. The molecule has 2 rings (SSSR count). The van der Waals surface area contributed by atoms with Crippen molar-refractivity contribution in [2.24, 2.45) is 5.41 Å². The maximum atomic E-state index is 3.77. The second-order valence-electron chi connectivity index (χ2n) is 7.27. The Hall–Kier alpha value is -1.12. The highest BCUT2D eigenvalue weighted by Gasteiger charge is 2.23. The average molecular weight is 374 g/mol. The third-order valence-electron chi connectivity index (χ3n) is 4.34.